The topological polar surface area (TPSA) is 147 Å². The lowest BCUT2D eigenvalue weighted by Crippen LogP contribution is -2.37. The first-order valence-corrected chi connectivity index (χ1v) is 13.3. The second-order valence-electron chi connectivity index (χ2n) is 9.67. The summed E-state index contributed by atoms with van der Waals surface area (Å²) in [5.74, 6) is -1.26. The smallest absolute Gasteiger partial charge is 0.475 e. The van der Waals surface area contributed by atoms with Gasteiger partial charge in [0.15, 0.2) is 0 Å². The Hall–Kier alpha value is -5.05. The zero-order valence-electron chi connectivity index (χ0n) is 22.7. The number of amides is 1. The molecule has 15 heteroatoms. The molecule has 0 unspecified atom stereocenters. The minimum Gasteiger partial charge on any atom is -0.475 e. The molecule has 2 fully saturated rings. The average molecular weight is 597 g/mol. The first-order valence-electron chi connectivity index (χ1n) is 13.3. The van der Waals surface area contributed by atoms with E-state index in [0.717, 1.165) is 54.3 Å². The molecule has 0 spiro atoms. The number of nitrogens with zero attached hydrogens (tertiary/aromatic N) is 6. The minimum absolute atomic E-state index is 0.101. The van der Waals surface area contributed by atoms with Crippen molar-refractivity contribution in [2.75, 3.05) is 41.8 Å². The molecule has 6 rings (SSSR count). The van der Waals surface area contributed by atoms with Crippen LogP contribution < -0.4 is 15.5 Å². The number of alkyl halides is 3. The summed E-state index contributed by atoms with van der Waals surface area (Å²) in [5, 5.41) is 17.9. The Bertz CT molecular complexity index is 1550. The number of hydrogen-bond acceptors (Lipinski definition) is 9. The molecule has 2 aromatic heterocycles. The van der Waals surface area contributed by atoms with Crippen LogP contribution in [0.15, 0.2) is 67.1 Å². The Morgan fingerprint density at radius 2 is 1.58 bits per heavy atom. The molecule has 1 saturated carbocycles. The summed E-state index contributed by atoms with van der Waals surface area (Å²) in [5.41, 5.74) is 4.32. The van der Waals surface area contributed by atoms with E-state index in [0.29, 0.717) is 25.1 Å². The van der Waals surface area contributed by atoms with E-state index in [1.54, 1.807) is 17.2 Å². The van der Waals surface area contributed by atoms with Crippen LogP contribution in [0.1, 0.15) is 12.8 Å². The molecule has 2 aromatic carbocycles. The van der Waals surface area contributed by atoms with Gasteiger partial charge in [-0.2, -0.15) is 18.2 Å². The van der Waals surface area contributed by atoms with Crippen LogP contribution in [0, 0.1) is 5.92 Å². The van der Waals surface area contributed by atoms with Crippen LogP contribution in [0.5, 0.6) is 0 Å². The third-order valence-corrected chi connectivity index (χ3v) is 6.46. The molecule has 1 saturated heterocycles. The van der Waals surface area contributed by atoms with Crippen molar-refractivity contribution in [3.8, 4) is 16.9 Å². The number of rotatable bonds is 7. The number of nitrogens with one attached hydrogen (secondary N) is 2. The Kier molecular flexibility index (Phi) is 8.80. The van der Waals surface area contributed by atoms with Gasteiger partial charge in [0.05, 0.1) is 24.6 Å². The highest BCUT2D eigenvalue weighted by Crippen LogP contribution is 2.30. The van der Waals surface area contributed by atoms with Crippen molar-refractivity contribution in [1.29, 1.82) is 0 Å². The number of benzene rings is 2. The summed E-state index contributed by atoms with van der Waals surface area (Å²) in [7, 11) is 0. The monoisotopic (exact) mass is 596 g/mol. The number of halogens is 3. The van der Waals surface area contributed by atoms with Gasteiger partial charge in [0.1, 0.15) is 6.33 Å². The second-order valence-corrected chi connectivity index (χ2v) is 9.67. The van der Waals surface area contributed by atoms with Crippen molar-refractivity contribution in [3.05, 3.63) is 67.1 Å². The molecule has 1 aliphatic heterocycles. The van der Waals surface area contributed by atoms with E-state index in [2.05, 4.69) is 35.6 Å². The number of carboxylic acid groups (broad SMARTS) is 1. The number of aliphatic carboxylic acids is 1. The van der Waals surface area contributed by atoms with Crippen LogP contribution in [0.25, 0.3) is 16.9 Å². The molecule has 1 aliphatic carbocycles. The van der Waals surface area contributed by atoms with E-state index in [1.165, 1.54) is 0 Å². The standard InChI is InChI=1S/C26H26N8O2.C2HF3O2/c35-24(19-1-2-19)29-20-5-3-18(4-6-20)23-11-12-27-25(31-23)30-21-7-9-22(10-8-21)34-17-28-26(32-34)33-13-15-36-16-14-33;3-2(4,5)1(6)7/h3-12,17,19H,1-2,13-16H2,(H,29,35)(H,27,30,31);(H,6,7). The number of carboxylic acids is 1. The van der Waals surface area contributed by atoms with Crippen LogP contribution in [-0.4, -0.2) is 74.2 Å². The van der Waals surface area contributed by atoms with Crippen molar-refractivity contribution in [2.45, 2.75) is 19.0 Å². The lowest BCUT2D eigenvalue weighted by molar-refractivity contribution is -0.192. The lowest BCUT2D eigenvalue weighted by atomic mass is 10.1. The van der Waals surface area contributed by atoms with Gasteiger partial charge < -0.3 is 25.4 Å². The molecular formula is C28H27F3N8O4. The molecular weight excluding hydrogens is 569 g/mol. The molecule has 2 aliphatic rings. The van der Waals surface area contributed by atoms with Gasteiger partial charge in [-0.15, -0.1) is 5.10 Å². The number of anilines is 4. The van der Waals surface area contributed by atoms with Crippen LogP contribution in [0.3, 0.4) is 0 Å². The maximum absolute atomic E-state index is 12.0. The summed E-state index contributed by atoms with van der Waals surface area (Å²) in [6.45, 7) is 2.99. The summed E-state index contributed by atoms with van der Waals surface area (Å²) >= 11 is 0. The first-order chi connectivity index (χ1) is 20.7. The van der Waals surface area contributed by atoms with Gasteiger partial charge in [0, 0.05) is 42.1 Å². The molecule has 4 aromatic rings. The van der Waals surface area contributed by atoms with Crippen molar-refractivity contribution < 1.29 is 32.6 Å². The van der Waals surface area contributed by atoms with Gasteiger partial charge in [-0.05, 0) is 55.3 Å². The SMILES string of the molecule is O=C(Nc1ccc(-c2ccnc(Nc3ccc(-n4cnc(N5CCOCC5)n4)cc3)n2)cc1)C1CC1.O=C(O)C(F)(F)F. The number of hydrogen-bond donors (Lipinski definition) is 3. The largest absolute Gasteiger partial charge is 0.490 e. The third kappa shape index (κ3) is 8.03. The Morgan fingerprint density at radius 1 is 0.930 bits per heavy atom. The highest BCUT2D eigenvalue weighted by Gasteiger charge is 2.38. The molecule has 43 heavy (non-hydrogen) atoms. The van der Waals surface area contributed by atoms with Crippen molar-refractivity contribution in [1.82, 2.24) is 24.7 Å². The van der Waals surface area contributed by atoms with E-state index in [4.69, 9.17) is 14.6 Å². The Morgan fingerprint density at radius 3 is 2.21 bits per heavy atom. The molecule has 3 heterocycles. The fourth-order valence-electron chi connectivity index (χ4n) is 4.01. The minimum atomic E-state index is -5.08. The zero-order valence-corrected chi connectivity index (χ0v) is 22.7. The highest BCUT2D eigenvalue weighted by atomic mass is 19.4. The summed E-state index contributed by atoms with van der Waals surface area (Å²) in [6.07, 6.45) is 0.339. The number of carbonyl (C=O) groups is 2. The average Bonchev–Trinajstić information content (AvgIpc) is 3.75. The van der Waals surface area contributed by atoms with Gasteiger partial charge in [0.2, 0.25) is 17.8 Å². The van der Waals surface area contributed by atoms with Crippen molar-refractivity contribution in [2.24, 2.45) is 5.92 Å². The molecule has 0 bridgehead atoms. The third-order valence-electron chi connectivity index (χ3n) is 6.46. The van der Waals surface area contributed by atoms with Gasteiger partial charge in [-0.1, -0.05) is 12.1 Å². The van der Waals surface area contributed by atoms with E-state index in [-0.39, 0.29) is 11.8 Å². The molecule has 224 valence electrons. The van der Waals surface area contributed by atoms with E-state index >= 15 is 0 Å². The Labute approximate surface area is 243 Å². The summed E-state index contributed by atoms with van der Waals surface area (Å²) < 4.78 is 38.9. The maximum Gasteiger partial charge on any atom is 0.490 e. The molecule has 0 atom stereocenters. The molecule has 3 N–H and O–H groups in total. The highest BCUT2D eigenvalue weighted by molar-refractivity contribution is 5.94. The number of carbonyl (C=O) groups excluding carboxylic acids is 1. The summed E-state index contributed by atoms with van der Waals surface area (Å²) in [6, 6.07) is 17.4. The maximum atomic E-state index is 12.0. The van der Waals surface area contributed by atoms with Crippen LogP contribution in [-0.2, 0) is 14.3 Å². The van der Waals surface area contributed by atoms with Crippen LogP contribution in [0.4, 0.5) is 36.4 Å². The van der Waals surface area contributed by atoms with Crippen LogP contribution in [0.2, 0.25) is 0 Å². The van der Waals surface area contributed by atoms with E-state index in [1.807, 2.05) is 54.6 Å². The van der Waals surface area contributed by atoms with Gasteiger partial charge >= 0.3 is 12.1 Å². The number of aromatic nitrogens is 5. The summed E-state index contributed by atoms with van der Waals surface area (Å²) in [4.78, 5) is 36.4. The zero-order chi connectivity index (χ0) is 30.4. The lowest BCUT2D eigenvalue weighted by Gasteiger charge is -2.25. The fourth-order valence-corrected chi connectivity index (χ4v) is 4.01. The number of ether oxygens (including phenoxy) is 1. The molecule has 1 amide bonds. The fraction of sp³-hybridized carbons (Fsp3) is 0.286. The normalized spacial score (nSPS) is 14.8. The van der Waals surface area contributed by atoms with E-state index in [9.17, 15) is 18.0 Å². The van der Waals surface area contributed by atoms with E-state index < -0.39 is 12.1 Å². The van der Waals surface area contributed by atoms with Crippen LogP contribution >= 0.6 is 0 Å². The van der Waals surface area contributed by atoms with Gasteiger partial charge in [0.25, 0.3) is 0 Å². The number of morpholine rings is 1. The first kappa shape index (κ1) is 29.4. The predicted molar refractivity (Wildman–Crippen MR) is 150 cm³/mol. The predicted octanol–water partition coefficient (Wildman–Crippen LogP) is 4.29. The van der Waals surface area contributed by atoms with Gasteiger partial charge in [-0.3, -0.25) is 4.79 Å². The van der Waals surface area contributed by atoms with Crippen molar-refractivity contribution in [3.63, 3.8) is 0 Å². The molecule has 0 radical (unpaired) electrons. The van der Waals surface area contributed by atoms with Crippen molar-refractivity contribution >= 4 is 35.1 Å². The quantitative estimate of drug-likeness (QED) is 0.282. The molecule has 12 nitrogen and oxygen atoms in total. The van der Waals surface area contributed by atoms with Gasteiger partial charge in [-0.25, -0.2) is 19.4 Å². The Balaban J connectivity index is 0.000000472. The second kappa shape index (κ2) is 12.9.